The number of amides is 1. The molecule has 0 saturated heterocycles. The van der Waals surface area contributed by atoms with E-state index in [0.29, 0.717) is 29.5 Å². The van der Waals surface area contributed by atoms with Crippen LogP contribution in [0.15, 0.2) is 89.3 Å². The molecule has 1 heterocycles. The molecule has 0 aliphatic heterocycles. The third-order valence-electron chi connectivity index (χ3n) is 4.67. The first-order chi connectivity index (χ1) is 14.7. The summed E-state index contributed by atoms with van der Waals surface area (Å²) in [6.45, 7) is 0. The van der Waals surface area contributed by atoms with Crippen LogP contribution in [0.1, 0.15) is 12.3 Å². The molecule has 4 aromatic rings. The van der Waals surface area contributed by atoms with Gasteiger partial charge in [0.15, 0.2) is 11.7 Å². The van der Waals surface area contributed by atoms with Crippen LogP contribution in [0.4, 0.5) is 5.69 Å². The highest BCUT2D eigenvalue weighted by Crippen LogP contribution is 2.32. The Morgan fingerprint density at radius 3 is 2.33 bits per heavy atom. The van der Waals surface area contributed by atoms with E-state index in [1.165, 1.54) is 0 Å². The molecular weight excluding hydrogens is 376 g/mol. The molecular formula is C25H22N2O3. The van der Waals surface area contributed by atoms with Gasteiger partial charge in [-0.3, -0.25) is 4.79 Å². The van der Waals surface area contributed by atoms with Crippen LogP contribution >= 0.6 is 0 Å². The standard InChI is InChI=1S/C25H22N2O3/c1-29-21-14-8-13-20(17-21)26-22(28)15-16-23-27-24(18-9-4-2-5-10-18)25(30-23)19-11-6-3-7-12-19/h2-14,17H,15-16H2,1H3,(H,26,28). The van der Waals surface area contributed by atoms with Crippen LogP contribution in [0, 0.1) is 0 Å². The molecule has 0 fully saturated rings. The number of nitrogens with zero attached hydrogens (tertiary/aromatic N) is 1. The van der Waals surface area contributed by atoms with Crippen molar-refractivity contribution in [2.45, 2.75) is 12.8 Å². The first-order valence-electron chi connectivity index (χ1n) is 9.77. The Morgan fingerprint density at radius 1 is 0.933 bits per heavy atom. The van der Waals surface area contributed by atoms with Crippen molar-refractivity contribution in [1.29, 1.82) is 0 Å². The second-order valence-electron chi connectivity index (χ2n) is 6.80. The molecule has 0 unspecified atom stereocenters. The van der Waals surface area contributed by atoms with Gasteiger partial charge in [0.05, 0.1) is 7.11 Å². The third-order valence-corrected chi connectivity index (χ3v) is 4.67. The molecule has 3 aromatic carbocycles. The lowest BCUT2D eigenvalue weighted by atomic mass is 10.1. The van der Waals surface area contributed by atoms with E-state index in [-0.39, 0.29) is 12.3 Å². The highest BCUT2D eigenvalue weighted by Gasteiger charge is 2.17. The van der Waals surface area contributed by atoms with Gasteiger partial charge in [-0.25, -0.2) is 4.98 Å². The predicted molar refractivity (Wildman–Crippen MR) is 117 cm³/mol. The van der Waals surface area contributed by atoms with Crippen molar-refractivity contribution in [3.05, 3.63) is 90.8 Å². The third kappa shape index (κ3) is 4.58. The van der Waals surface area contributed by atoms with E-state index in [1.807, 2.05) is 78.9 Å². The van der Waals surface area contributed by atoms with Gasteiger partial charge in [0.1, 0.15) is 11.4 Å². The topological polar surface area (TPSA) is 64.4 Å². The van der Waals surface area contributed by atoms with Gasteiger partial charge in [0.2, 0.25) is 5.91 Å². The Bertz CT molecular complexity index is 1060. The van der Waals surface area contributed by atoms with E-state index < -0.39 is 0 Å². The monoisotopic (exact) mass is 398 g/mol. The van der Waals surface area contributed by atoms with Gasteiger partial charge in [-0.05, 0) is 12.1 Å². The smallest absolute Gasteiger partial charge is 0.224 e. The summed E-state index contributed by atoms with van der Waals surface area (Å²) >= 11 is 0. The molecule has 30 heavy (non-hydrogen) atoms. The molecule has 150 valence electrons. The van der Waals surface area contributed by atoms with Crippen LogP contribution in [0.3, 0.4) is 0 Å². The fourth-order valence-corrected chi connectivity index (χ4v) is 3.19. The van der Waals surface area contributed by atoms with Gasteiger partial charge in [0, 0.05) is 35.7 Å². The minimum atomic E-state index is -0.107. The van der Waals surface area contributed by atoms with Crippen molar-refractivity contribution in [2.75, 3.05) is 12.4 Å². The molecule has 0 radical (unpaired) electrons. The number of rotatable bonds is 7. The maximum absolute atomic E-state index is 12.4. The van der Waals surface area contributed by atoms with Gasteiger partial charge in [-0.1, -0.05) is 66.7 Å². The second kappa shape index (κ2) is 9.09. The van der Waals surface area contributed by atoms with E-state index in [2.05, 4.69) is 5.32 Å². The quantitative estimate of drug-likeness (QED) is 0.441. The SMILES string of the molecule is COc1cccc(NC(=O)CCc2nc(-c3ccccc3)c(-c3ccccc3)o2)c1. The second-order valence-corrected chi connectivity index (χ2v) is 6.80. The first-order valence-corrected chi connectivity index (χ1v) is 9.77. The number of anilines is 1. The predicted octanol–water partition coefficient (Wildman–Crippen LogP) is 5.59. The maximum Gasteiger partial charge on any atom is 0.224 e. The zero-order valence-corrected chi connectivity index (χ0v) is 16.7. The Balaban J connectivity index is 1.52. The molecule has 0 aliphatic rings. The molecule has 0 bridgehead atoms. The Hall–Kier alpha value is -3.86. The molecule has 4 rings (SSSR count). The number of carbonyl (C=O) groups is 1. The zero-order valence-electron chi connectivity index (χ0n) is 16.7. The normalized spacial score (nSPS) is 10.6. The minimum Gasteiger partial charge on any atom is -0.497 e. The molecule has 5 heteroatoms. The van der Waals surface area contributed by atoms with Gasteiger partial charge >= 0.3 is 0 Å². The van der Waals surface area contributed by atoms with Gasteiger partial charge in [-0.2, -0.15) is 0 Å². The van der Waals surface area contributed by atoms with Crippen molar-refractivity contribution in [1.82, 2.24) is 4.98 Å². The largest absolute Gasteiger partial charge is 0.497 e. The Morgan fingerprint density at radius 2 is 1.63 bits per heavy atom. The van der Waals surface area contributed by atoms with E-state index in [4.69, 9.17) is 14.1 Å². The van der Waals surface area contributed by atoms with E-state index >= 15 is 0 Å². The van der Waals surface area contributed by atoms with Crippen molar-refractivity contribution in [3.8, 4) is 28.3 Å². The van der Waals surface area contributed by atoms with E-state index in [9.17, 15) is 4.79 Å². The zero-order chi connectivity index (χ0) is 20.8. The summed E-state index contributed by atoms with van der Waals surface area (Å²) in [4.78, 5) is 17.1. The fourth-order valence-electron chi connectivity index (χ4n) is 3.19. The van der Waals surface area contributed by atoms with Gasteiger partial charge in [0.25, 0.3) is 0 Å². The number of methoxy groups -OCH3 is 1. The molecule has 0 saturated carbocycles. The van der Waals surface area contributed by atoms with Crippen LogP contribution in [-0.4, -0.2) is 18.0 Å². The lowest BCUT2D eigenvalue weighted by Gasteiger charge is -2.06. The summed E-state index contributed by atoms with van der Waals surface area (Å²) in [5.74, 6) is 1.84. The molecule has 1 N–H and O–H groups in total. The van der Waals surface area contributed by atoms with Gasteiger partial charge in [-0.15, -0.1) is 0 Å². The number of carbonyl (C=O) groups excluding carboxylic acids is 1. The number of oxazole rings is 1. The average Bonchev–Trinajstić information content (AvgIpc) is 3.23. The summed E-state index contributed by atoms with van der Waals surface area (Å²) in [5.41, 5.74) is 3.41. The summed E-state index contributed by atoms with van der Waals surface area (Å²) in [6, 6.07) is 27.1. The minimum absolute atomic E-state index is 0.107. The first kappa shape index (κ1) is 19.5. The number of hydrogen-bond acceptors (Lipinski definition) is 4. The molecule has 0 aliphatic carbocycles. The number of benzene rings is 3. The maximum atomic E-state index is 12.4. The lowest BCUT2D eigenvalue weighted by molar-refractivity contribution is -0.116. The molecule has 1 aromatic heterocycles. The molecule has 1 amide bonds. The van der Waals surface area contributed by atoms with Crippen molar-refractivity contribution in [3.63, 3.8) is 0 Å². The van der Waals surface area contributed by atoms with Crippen LogP contribution in [-0.2, 0) is 11.2 Å². The average molecular weight is 398 g/mol. The number of hydrogen-bond donors (Lipinski definition) is 1. The summed E-state index contributed by atoms with van der Waals surface area (Å²) in [6.07, 6.45) is 0.669. The van der Waals surface area contributed by atoms with E-state index in [1.54, 1.807) is 13.2 Å². The fraction of sp³-hybridized carbons (Fsp3) is 0.120. The lowest BCUT2D eigenvalue weighted by Crippen LogP contribution is -2.12. The Labute approximate surface area is 175 Å². The van der Waals surface area contributed by atoms with Crippen LogP contribution in [0.25, 0.3) is 22.6 Å². The van der Waals surface area contributed by atoms with Crippen LogP contribution in [0.2, 0.25) is 0 Å². The summed E-state index contributed by atoms with van der Waals surface area (Å²) < 4.78 is 11.3. The molecule has 5 nitrogen and oxygen atoms in total. The number of nitrogens with one attached hydrogen (secondary N) is 1. The van der Waals surface area contributed by atoms with E-state index in [0.717, 1.165) is 16.8 Å². The Kier molecular flexibility index (Phi) is 5.90. The van der Waals surface area contributed by atoms with Crippen LogP contribution in [0.5, 0.6) is 5.75 Å². The molecule has 0 atom stereocenters. The van der Waals surface area contributed by atoms with Crippen LogP contribution < -0.4 is 10.1 Å². The van der Waals surface area contributed by atoms with Crippen molar-refractivity contribution < 1.29 is 13.9 Å². The highest BCUT2D eigenvalue weighted by molar-refractivity contribution is 5.91. The van der Waals surface area contributed by atoms with Crippen molar-refractivity contribution >= 4 is 11.6 Å². The number of ether oxygens (including phenoxy) is 1. The summed E-state index contributed by atoms with van der Waals surface area (Å²) in [5, 5.41) is 2.88. The highest BCUT2D eigenvalue weighted by atomic mass is 16.5. The van der Waals surface area contributed by atoms with Gasteiger partial charge < -0.3 is 14.5 Å². The summed E-state index contributed by atoms with van der Waals surface area (Å²) in [7, 11) is 1.60. The van der Waals surface area contributed by atoms with Crippen molar-refractivity contribution in [2.24, 2.45) is 0 Å². The number of aryl methyl sites for hydroxylation is 1. The molecule has 0 spiro atoms. The number of aromatic nitrogens is 1.